The highest BCUT2D eigenvalue weighted by Gasteiger charge is 2.42. The molecule has 0 aliphatic carbocycles. The van der Waals surface area contributed by atoms with Gasteiger partial charge in [0.05, 0.1) is 12.2 Å². The summed E-state index contributed by atoms with van der Waals surface area (Å²) in [5.74, 6) is 0.563. The Labute approximate surface area is 96.7 Å². The molecule has 0 aromatic rings. The average Bonchev–Trinajstić information content (AvgIpc) is 2.74. The molecule has 0 aromatic carbocycles. The molecular formula is C12H21NO3. The summed E-state index contributed by atoms with van der Waals surface area (Å²) in [5, 5.41) is 3.02. The number of ketones is 1. The molecule has 16 heavy (non-hydrogen) atoms. The van der Waals surface area contributed by atoms with Crippen LogP contribution in [0.2, 0.25) is 0 Å². The van der Waals surface area contributed by atoms with Crippen molar-refractivity contribution in [1.82, 2.24) is 5.32 Å². The first-order valence-corrected chi connectivity index (χ1v) is 6.15. The van der Waals surface area contributed by atoms with Crippen LogP contribution in [-0.2, 0) is 14.3 Å². The average molecular weight is 227 g/mol. The Morgan fingerprint density at radius 1 is 1.50 bits per heavy atom. The van der Waals surface area contributed by atoms with E-state index in [0.717, 1.165) is 32.4 Å². The number of hydrogen-bond acceptors (Lipinski definition) is 4. The van der Waals surface area contributed by atoms with Gasteiger partial charge in [-0.05, 0) is 19.9 Å². The minimum atomic E-state index is -0.141. The van der Waals surface area contributed by atoms with Gasteiger partial charge in [0.2, 0.25) is 0 Å². The predicted molar refractivity (Wildman–Crippen MR) is 60.4 cm³/mol. The molecule has 2 saturated heterocycles. The monoisotopic (exact) mass is 227 g/mol. The molecule has 92 valence electrons. The van der Waals surface area contributed by atoms with Crippen LogP contribution in [0.15, 0.2) is 0 Å². The Hall–Kier alpha value is -0.450. The normalized spacial score (nSPS) is 34.4. The Morgan fingerprint density at radius 2 is 2.38 bits per heavy atom. The van der Waals surface area contributed by atoms with E-state index in [-0.39, 0.29) is 11.5 Å². The van der Waals surface area contributed by atoms with Crippen molar-refractivity contribution in [2.75, 3.05) is 33.4 Å². The zero-order valence-corrected chi connectivity index (χ0v) is 9.96. The molecule has 0 bridgehead atoms. The van der Waals surface area contributed by atoms with Gasteiger partial charge in [-0.25, -0.2) is 0 Å². The number of carbonyl (C=O) groups is 1. The maximum absolute atomic E-state index is 12.0. The zero-order valence-electron chi connectivity index (χ0n) is 9.96. The Bertz CT molecular complexity index is 249. The molecule has 4 heteroatoms. The van der Waals surface area contributed by atoms with Crippen LogP contribution < -0.4 is 5.32 Å². The van der Waals surface area contributed by atoms with Crippen molar-refractivity contribution in [3.05, 3.63) is 0 Å². The highest BCUT2D eigenvalue weighted by Crippen LogP contribution is 2.36. The van der Waals surface area contributed by atoms with Gasteiger partial charge in [0.1, 0.15) is 5.78 Å². The third-order valence-electron chi connectivity index (χ3n) is 3.64. The van der Waals surface area contributed by atoms with Crippen LogP contribution in [0, 0.1) is 5.92 Å². The lowest BCUT2D eigenvalue weighted by Crippen LogP contribution is -2.42. The van der Waals surface area contributed by atoms with Crippen LogP contribution in [0.4, 0.5) is 0 Å². The van der Waals surface area contributed by atoms with Crippen LogP contribution in [-0.4, -0.2) is 44.8 Å². The summed E-state index contributed by atoms with van der Waals surface area (Å²) in [5.41, 5.74) is -0.141. The lowest BCUT2D eigenvalue weighted by atomic mass is 9.82. The molecule has 2 unspecified atom stereocenters. The molecule has 2 heterocycles. The Balaban J connectivity index is 1.88. The van der Waals surface area contributed by atoms with Gasteiger partial charge in [-0.2, -0.15) is 0 Å². The fraction of sp³-hybridized carbons (Fsp3) is 0.917. The standard InChI is InChI=1S/C12H21NO3/c1-13-5-2-11(14)10-3-6-16-12(8-10)4-7-15-9-12/h10,13H,2-9H2,1H3. The molecule has 0 saturated carbocycles. The molecule has 1 N–H and O–H groups in total. The summed E-state index contributed by atoms with van der Waals surface area (Å²) < 4.78 is 11.2. The largest absolute Gasteiger partial charge is 0.378 e. The van der Waals surface area contributed by atoms with Crippen LogP contribution in [0.25, 0.3) is 0 Å². The topological polar surface area (TPSA) is 47.6 Å². The number of hydrogen-bond donors (Lipinski definition) is 1. The maximum Gasteiger partial charge on any atom is 0.137 e. The van der Waals surface area contributed by atoms with E-state index in [1.165, 1.54) is 0 Å². The lowest BCUT2D eigenvalue weighted by molar-refractivity contribution is -0.137. The van der Waals surface area contributed by atoms with E-state index >= 15 is 0 Å². The van der Waals surface area contributed by atoms with Gasteiger partial charge in [0, 0.05) is 38.5 Å². The minimum Gasteiger partial charge on any atom is -0.378 e. The van der Waals surface area contributed by atoms with Crippen LogP contribution in [0.5, 0.6) is 0 Å². The fourth-order valence-electron chi connectivity index (χ4n) is 2.62. The summed E-state index contributed by atoms with van der Waals surface area (Å²) in [6.07, 6.45) is 3.32. The SMILES string of the molecule is CNCCC(=O)C1CCOC2(CCOC2)C1. The van der Waals surface area contributed by atoms with Crippen LogP contribution in [0.3, 0.4) is 0 Å². The van der Waals surface area contributed by atoms with Gasteiger partial charge in [-0.3, -0.25) is 4.79 Å². The molecule has 2 aliphatic rings. The van der Waals surface area contributed by atoms with Crippen molar-refractivity contribution in [3.8, 4) is 0 Å². The van der Waals surface area contributed by atoms with Gasteiger partial charge < -0.3 is 14.8 Å². The van der Waals surface area contributed by atoms with Gasteiger partial charge in [0.25, 0.3) is 0 Å². The van der Waals surface area contributed by atoms with E-state index in [1.54, 1.807) is 0 Å². The molecule has 0 aromatic heterocycles. The van der Waals surface area contributed by atoms with Crippen molar-refractivity contribution >= 4 is 5.78 Å². The zero-order chi connectivity index (χ0) is 11.4. The highest BCUT2D eigenvalue weighted by molar-refractivity contribution is 5.81. The van der Waals surface area contributed by atoms with E-state index in [4.69, 9.17) is 9.47 Å². The first-order valence-electron chi connectivity index (χ1n) is 6.15. The van der Waals surface area contributed by atoms with Crippen molar-refractivity contribution < 1.29 is 14.3 Å². The van der Waals surface area contributed by atoms with Crippen molar-refractivity contribution in [2.45, 2.75) is 31.3 Å². The Morgan fingerprint density at radius 3 is 3.06 bits per heavy atom. The summed E-state index contributed by atoms with van der Waals surface area (Å²) in [6, 6.07) is 0. The maximum atomic E-state index is 12.0. The predicted octanol–water partition coefficient (Wildman–Crippen LogP) is 0.751. The number of ether oxygens (including phenoxy) is 2. The molecule has 2 rings (SSSR count). The van der Waals surface area contributed by atoms with Crippen LogP contribution in [0.1, 0.15) is 25.7 Å². The molecule has 4 nitrogen and oxygen atoms in total. The smallest absolute Gasteiger partial charge is 0.137 e. The van der Waals surface area contributed by atoms with Crippen molar-refractivity contribution in [2.24, 2.45) is 5.92 Å². The highest BCUT2D eigenvalue weighted by atomic mass is 16.6. The molecule has 2 aliphatic heterocycles. The lowest BCUT2D eigenvalue weighted by Gasteiger charge is -2.36. The van der Waals surface area contributed by atoms with Crippen LogP contribution >= 0.6 is 0 Å². The van der Waals surface area contributed by atoms with Gasteiger partial charge in [0.15, 0.2) is 0 Å². The summed E-state index contributed by atoms with van der Waals surface area (Å²) in [7, 11) is 1.88. The number of nitrogens with one attached hydrogen (secondary N) is 1. The van der Waals surface area contributed by atoms with E-state index < -0.39 is 0 Å². The molecule has 2 atom stereocenters. The van der Waals surface area contributed by atoms with Gasteiger partial charge in [-0.15, -0.1) is 0 Å². The molecule has 2 fully saturated rings. The molecule has 1 spiro atoms. The third kappa shape index (κ3) is 2.62. The minimum absolute atomic E-state index is 0.141. The van der Waals surface area contributed by atoms with Gasteiger partial charge in [-0.1, -0.05) is 0 Å². The molecular weight excluding hydrogens is 206 g/mol. The first kappa shape index (κ1) is 12.0. The van der Waals surface area contributed by atoms with Crippen molar-refractivity contribution in [1.29, 1.82) is 0 Å². The van der Waals surface area contributed by atoms with Crippen molar-refractivity contribution in [3.63, 3.8) is 0 Å². The second-order valence-corrected chi connectivity index (χ2v) is 4.84. The number of rotatable bonds is 4. The number of Topliss-reactive ketones (excluding diaryl/α,β-unsaturated/α-hetero) is 1. The number of carbonyl (C=O) groups excluding carboxylic acids is 1. The third-order valence-corrected chi connectivity index (χ3v) is 3.64. The fourth-order valence-corrected chi connectivity index (χ4v) is 2.62. The second kappa shape index (κ2) is 5.25. The second-order valence-electron chi connectivity index (χ2n) is 4.84. The first-order chi connectivity index (χ1) is 7.76. The van der Waals surface area contributed by atoms with E-state index in [1.807, 2.05) is 7.05 Å². The quantitative estimate of drug-likeness (QED) is 0.770. The summed E-state index contributed by atoms with van der Waals surface area (Å²) in [4.78, 5) is 12.0. The van der Waals surface area contributed by atoms with E-state index in [2.05, 4.69) is 5.32 Å². The van der Waals surface area contributed by atoms with E-state index in [9.17, 15) is 4.79 Å². The van der Waals surface area contributed by atoms with Gasteiger partial charge >= 0.3 is 0 Å². The molecule has 0 amide bonds. The Kier molecular flexibility index (Phi) is 3.95. The van der Waals surface area contributed by atoms with E-state index in [0.29, 0.717) is 25.4 Å². The summed E-state index contributed by atoms with van der Waals surface area (Å²) >= 11 is 0. The molecule has 0 radical (unpaired) electrons. The summed E-state index contributed by atoms with van der Waals surface area (Å²) in [6.45, 7) is 2.93.